The van der Waals surface area contributed by atoms with Crippen LogP contribution < -0.4 is 10.6 Å². The summed E-state index contributed by atoms with van der Waals surface area (Å²) in [7, 11) is 0. The van der Waals surface area contributed by atoms with Crippen molar-refractivity contribution in [1.29, 1.82) is 0 Å². The Morgan fingerprint density at radius 3 is 2.29 bits per heavy atom. The van der Waals surface area contributed by atoms with E-state index in [1.165, 1.54) is 11.1 Å². The lowest BCUT2D eigenvalue weighted by atomic mass is 9.96. The van der Waals surface area contributed by atoms with Crippen LogP contribution >= 0.6 is 0 Å². The minimum Gasteiger partial charge on any atom is -0.396 e. The van der Waals surface area contributed by atoms with E-state index in [4.69, 9.17) is 0 Å². The maximum absolute atomic E-state index is 12.2. The second-order valence-corrected chi connectivity index (χ2v) is 6.35. The Balaban J connectivity index is 1.50. The monoisotopic (exact) mass is 324 g/mol. The Hall–Kier alpha value is -2.33. The van der Waals surface area contributed by atoms with Crippen molar-refractivity contribution in [1.82, 2.24) is 10.6 Å². The molecule has 0 spiro atoms. The number of benzene rings is 2. The number of hydrogen-bond donors (Lipinski definition) is 3. The van der Waals surface area contributed by atoms with Crippen LogP contribution in [0.15, 0.2) is 54.6 Å². The van der Waals surface area contributed by atoms with E-state index in [0.717, 1.165) is 18.4 Å². The van der Waals surface area contributed by atoms with Gasteiger partial charge >= 0.3 is 6.03 Å². The molecule has 0 radical (unpaired) electrons. The number of amides is 2. The van der Waals surface area contributed by atoms with Crippen molar-refractivity contribution in [3.63, 3.8) is 0 Å². The number of carbonyl (C=O) groups is 1. The van der Waals surface area contributed by atoms with Crippen LogP contribution in [0.3, 0.4) is 0 Å². The van der Waals surface area contributed by atoms with Gasteiger partial charge in [-0.1, -0.05) is 54.6 Å². The molecule has 2 amide bonds. The summed E-state index contributed by atoms with van der Waals surface area (Å²) in [4.78, 5) is 12.2. The smallest absolute Gasteiger partial charge is 0.315 e. The molecule has 126 valence electrons. The van der Waals surface area contributed by atoms with E-state index in [1.54, 1.807) is 0 Å². The van der Waals surface area contributed by atoms with Crippen LogP contribution in [0.5, 0.6) is 0 Å². The van der Waals surface area contributed by atoms with E-state index >= 15 is 0 Å². The fraction of sp³-hybridized carbons (Fsp3) is 0.350. The number of hydrogen-bond acceptors (Lipinski definition) is 2. The summed E-state index contributed by atoms with van der Waals surface area (Å²) in [6.45, 7) is 0.636. The average molecular weight is 324 g/mol. The van der Waals surface area contributed by atoms with E-state index in [9.17, 15) is 9.90 Å². The highest BCUT2D eigenvalue weighted by Gasteiger charge is 2.22. The summed E-state index contributed by atoms with van der Waals surface area (Å²) in [5, 5.41) is 15.3. The summed E-state index contributed by atoms with van der Waals surface area (Å²) in [6.07, 6.45) is 2.42. The van der Waals surface area contributed by atoms with Crippen LogP contribution in [0.1, 0.15) is 29.0 Å². The van der Waals surface area contributed by atoms with Gasteiger partial charge in [0.25, 0.3) is 0 Å². The molecule has 4 heteroatoms. The van der Waals surface area contributed by atoms with Gasteiger partial charge in [-0.05, 0) is 36.0 Å². The molecule has 0 aliphatic heterocycles. The predicted molar refractivity (Wildman–Crippen MR) is 95.1 cm³/mol. The summed E-state index contributed by atoms with van der Waals surface area (Å²) in [6, 6.07) is 18.4. The molecule has 0 saturated heterocycles. The molecule has 1 aliphatic rings. The van der Waals surface area contributed by atoms with E-state index in [1.807, 2.05) is 42.5 Å². The van der Waals surface area contributed by atoms with Gasteiger partial charge < -0.3 is 15.7 Å². The number of aliphatic hydroxyl groups is 1. The van der Waals surface area contributed by atoms with E-state index in [-0.39, 0.29) is 24.6 Å². The maximum Gasteiger partial charge on any atom is 0.315 e. The first kappa shape index (κ1) is 16.5. The molecule has 2 aromatic rings. The quantitative estimate of drug-likeness (QED) is 0.765. The van der Waals surface area contributed by atoms with Crippen LogP contribution in [0.25, 0.3) is 0 Å². The van der Waals surface area contributed by atoms with Gasteiger partial charge in [-0.2, -0.15) is 0 Å². The third-order valence-corrected chi connectivity index (χ3v) is 4.64. The SMILES string of the molecule is O=C(NC[C@H](CCO)c1ccccc1)NC1Cc2ccccc2C1. The van der Waals surface area contributed by atoms with Gasteiger partial charge in [-0.25, -0.2) is 4.79 Å². The lowest BCUT2D eigenvalue weighted by molar-refractivity contribution is 0.234. The minimum absolute atomic E-state index is 0.112. The summed E-state index contributed by atoms with van der Waals surface area (Å²) < 4.78 is 0. The lowest BCUT2D eigenvalue weighted by Crippen LogP contribution is -2.43. The molecule has 0 fully saturated rings. The van der Waals surface area contributed by atoms with Crippen LogP contribution in [-0.4, -0.2) is 30.3 Å². The first-order valence-electron chi connectivity index (χ1n) is 8.53. The molecular formula is C20H24N2O2. The lowest BCUT2D eigenvalue weighted by Gasteiger charge is -2.19. The molecule has 1 aliphatic carbocycles. The van der Waals surface area contributed by atoms with Crippen molar-refractivity contribution in [3.05, 3.63) is 71.3 Å². The zero-order valence-electron chi connectivity index (χ0n) is 13.7. The first-order chi connectivity index (χ1) is 11.8. The third-order valence-electron chi connectivity index (χ3n) is 4.64. The highest BCUT2D eigenvalue weighted by atomic mass is 16.3. The summed E-state index contributed by atoms with van der Waals surface area (Å²) in [5.41, 5.74) is 3.79. The Bertz CT molecular complexity index is 647. The van der Waals surface area contributed by atoms with Gasteiger partial charge in [-0.15, -0.1) is 0 Å². The average Bonchev–Trinajstić information content (AvgIpc) is 3.01. The Labute approximate surface area is 142 Å². The molecule has 0 unspecified atom stereocenters. The molecule has 0 aromatic heterocycles. The number of aliphatic hydroxyl groups excluding tert-OH is 1. The number of rotatable bonds is 6. The highest BCUT2D eigenvalue weighted by molar-refractivity contribution is 5.74. The highest BCUT2D eigenvalue weighted by Crippen LogP contribution is 2.21. The standard InChI is InChI=1S/C20H24N2O2/c23-11-10-18(15-6-2-1-3-7-15)14-21-20(24)22-19-12-16-8-4-5-9-17(16)13-19/h1-9,18-19,23H,10-14H2,(H2,21,22,24)/t18-/m0/s1. The van der Waals surface area contributed by atoms with E-state index < -0.39 is 0 Å². The molecule has 4 nitrogen and oxygen atoms in total. The normalized spacial score (nSPS) is 14.9. The third kappa shape index (κ3) is 4.15. The van der Waals surface area contributed by atoms with Gasteiger partial charge in [-0.3, -0.25) is 0 Å². The number of urea groups is 1. The maximum atomic E-state index is 12.2. The van der Waals surface area contributed by atoms with Crippen LogP contribution in [0.2, 0.25) is 0 Å². The van der Waals surface area contributed by atoms with Gasteiger partial charge in [0, 0.05) is 25.1 Å². The van der Waals surface area contributed by atoms with Crippen molar-refractivity contribution in [2.45, 2.75) is 31.2 Å². The zero-order chi connectivity index (χ0) is 16.8. The molecule has 0 saturated carbocycles. The van der Waals surface area contributed by atoms with Gasteiger partial charge in [0.15, 0.2) is 0 Å². The first-order valence-corrected chi connectivity index (χ1v) is 8.53. The molecule has 3 rings (SSSR count). The molecular weight excluding hydrogens is 300 g/mol. The largest absolute Gasteiger partial charge is 0.396 e. The van der Waals surface area contributed by atoms with Crippen LogP contribution in [0, 0.1) is 0 Å². The molecule has 3 N–H and O–H groups in total. The number of carbonyl (C=O) groups excluding carboxylic acids is 1. The molecule has 1 atom stereocenters. The molecule has 2 aromatic carbocycles. The minimum atomic E-state index is -0.133. The van der Waals surface area contributed by atoms with Crippen molar-refractivity contribution in [3.8, 4) is 0 Å². The second-order valence-electron chi connectivity index (χ2n) is 6.35. The van der Waals surface area contributed by atoms with Crippen molar-refractivity contribution < 1.29 is 9.90 Å². The van der Waals surface area contributed by atoms with Crippen molar-refractivity contribution >= 4 is 6.03 Å². The number of fused-ring (bicyclic) bond motifs is 1. The van der Waals surface area contributed by atoms with Gasteiger partial charge in [0.05, 0.1) is 0 Å². The predicted octanol–water partition coefficient (Wildman–Crippen LogP) is 2.62. The van der Waals surface area contributed by atoms with Crippen molar-refractivity contribution in [2.75, 3.05) is 13.2 Å². The summed E-state index contributed by atoms with van der Waals surface area (Å²) >= 11 is 0. The van der Waals surface area contributed by atoms with Gasteiger partial charge in [0.2, 0.25) is 0 Å². The second kappa shape index (κ2) is 7.97. The fourth-order valence-corrected chi connectivity index (χ4v) is 3.38. The summed E-state index contributed by atoms with van der Waals surface area (Å²) in [5.74, 6) is 0.128. The van der Waals surface area contributed by atoms with Gasteiger partial charge in [0.1, 0.15) is 0 Å². The molecule has 0 heterocycles. The van der Waals surface area contributed by atoms with E-state index in [2.05, 4.69) is 22.8 Å². The zero-order valence-corrected chi connectivity index (χ0v) is 13.7. The van der Waals surface area contributed by atoms with Crippen molar-refractivity contribution in [2.24, 2.45) is 0 Å². The molecule has 24 heavy (non-hydrogen) atoms. The Morgan fingerprint density at radius 2 is 1.67 bits per heavy atom. The fourth-order valence-electron chi connectivity index (χ4n) is 3.38. The molecule has 0 bridgehead atoms. The Morgan fingerprint density at radius 1 is 1.04 bits per heavy atom. The topological polar surface area (TPSA) is 61.4 Å². The Kier molecular flexibility index (Phi) is 5.49. The van der Waals surface area contributed by atoms with Crippen LogP contribution in [-0.2, 0) is 12.8 Å². The van der Waals surface area contributed by atoms with E-state index in [0.29, 0.717) is 13.0 Å². The van der Waals surface area contributed by atoms with Crippen LogP contribution in [0.4, 0.5) is 4.79 Å². The number of nitrogens with one attached hydrogen (secondary N) is 2.